The van der Waals surface area contributed by atoms with Gasteiger partial charge in [-0.15, -0.1) is 19.7 Å². The van der Waals surface area contributed by atoms with Crippen molar-refractivity contribution >= 4 is 5.78 Å². The highest BCUT2D eigenvalue weighted by Crippen LogP contribution is 2.72. The van der Waals surface area contributed by atoms with Gasteiger partial charge in [-0.25, -0.2) is 5.01 Å². The molecule has 0 radical (unpaired) electrons. The van der Waals surface area contributed by atoms with Gasteiger partial charge in [-0.2, -0.15) is 0 Å². The van der Waals surface area contributed by atoms with Crippen molar-refractivity contribution in [3.63, 3.8) is 0 Å². The van der Waals surface area contributed by atoms with E-state index < -0.39 is 0 Å². The van der Waals surface area contributed by atoms with Crippen molar-refractivity contribution in [2.45, 2.75) is 118 Å². The van der Waals surface area contributed by atoms with E-state index in [2.05, 4.69) is 40.5 Å². The molecular weight excluding hydrogens is 532 g/mol. The van der Waals surface area contributed by atoms with E-state index in [4.69, 9.17) is 5.84 Å². The summed E-state index contributed by atoms with van der Waals surface area (Å²) in [7, 11) is 0. The largest absolute Gasteiger partial charge is 0.504 e. The summed E-state index contributed by atoms with van der Waals surface area (Å²) in [5.74, 6) is 11.2. The molecule has 0 saturated heterocycles. The lowest BCUT2D eigenvalue weighted by molar-refractivity contribution is -0.191. The second-order valence-electron chi connectivity index (χ2n) is 15.2. The molecule has 4 N–H and O–H groups in total. The second kappa shape index (κ2) is 13.1. The molecule has 43 heavy (non-hydrogen) atoms. The lowest BCUT2D eigenvalue weighted by Gasteiger charge is -2.68. The number of phenols is 2. The van der Waals surface area contributed by atoms with Gasteiger partial charge in [-0.3, -0.25) is 10.6 Å². The van der Waals surface area contributed by atoms with Crippen molar-refractivity contribution in [3.05, 3.63) is 49.6 Å². The lowest BCUT2D eigenvalue weighted by Crippen LogP contribution is -2.63. The number of hydrazine groups is 1. The Bertz CT molecular complexity index is 1150. The fourth-order valence-corrected chi connectivity index (χ4v) is 11.9. The van der Waals surface area contributed by atoms with Crippen molar-refractivity contribution < 1.29 is 15.0 Å². The van der Waals surface area contributed by atoms with Gasteiger partial charge in [0.1, 0.15) is 5.78 Å². The van der Waals surface area contributed by atoms with E-state index in [1.165, 1.54) is 51.4 Å². The van der Waals surface area contributed by atoms with Gasteiger partial charge in [0.15, 0.2) is 11.5 Å². The fourth-order valence-electron chi connectivity index (χ4n) is 11.9. The Hall–Kier alpha value is -2.11. The summed E-state index contributed by atoms with van der Waals surface area (Å²) in [5, 5.41) is 21.6. The highest BCUT2D eigenvalue weighted by atomic mass is 16.3. The molecule has 5 aliphatic rings. The van der Waals surface area contributed by atoms with E-state index in [1.807, 2.05) is 24.9 Å². The molecule has 0 aromatic heterocycles. The van der Waals surface area contributed by atoms with Gasteiger partial charge >= 0.3 is 0 Å². The number of Topliss-reactive ketones (excluding diaryl/α,β-unsaturated/α-hetero) is 1. The zero-order valence-corrected chi connectivity index (χ0v) is 27.8. The number of rotatable bonds is 4. The van der Waals surface area contributed by atoms with Gasteiger partial charge in [0.05, 0.1) is 0 Å². The second-order valence-corrected chi connectivity index (χ2v) is 15.2. The van der Waals surface area contributed by atoms with Crippen LogP contribution in [0.5, 0.6) is 11.5 Å². The van der Waals surface area contributed by atoms with Gasteiger partial charge in [0.2, 0.25) is 0 Å². The van der Waals surface area contributed by atoms with Crippen LogP contribution < -0.4 is 5.84 Å². The van der Waals surface area contributed by atoms with Crippen LogP contribution in [0, 0.1) is 51.8 Å². The third kappa shape index (κ3) is 5.63. The molecule has 5 fully saturated rings. The van der Waals surface area contributed by atoms with Crippen molar-refractivity contribution in [1.82, 2.24) is 5.01 Å². The molecule has 5 saturated carbocycles. The average Bonchev–Trinajstić information content (AvgIpc) is 3.43. The first-order chi connectivity index (χ1) is 20.4. The molecule has 240 valence electrons. The molecule has 5 nitrogen and oxygen atoms in total. The van der Waals surface area contributed by atoms with Crippen LogP contribution in [0.2, 0.25) is 0 Å². The summed E-state index contributed by atoms with van der Waals surface area (Å²) < 4.78 is 0. The minimum Gasteiger partial charge on any atom is -0.504 e. The quantitative estimate of drug-likeness (QED) is 0.141. The van der Waals surface area contributed by atoms with Gasteiger partial charge in [-0.1, -0.05) is 39.3 Å². The maximum atomic E-state index is 12.9. The molecular formula is C38H60N2O3. The van der Waals surface area contributed by atoms with Gasteiger partial charge in [0, 0.05) is 18.0 Å². The lowest BCUT2D eigenvalue weighted by atomic mass is 9.37. The molecule has 0 bridgehead atoms. The zero-order valence-electron chi connectivity index (χ0n) is 27.8. The number of ketones is 1. The maximum Gasteiger partial charge on any atom is 0.157 e. The highest BCUT2D eigenvalue weighted by Gasteiger charge is 2.65. The number of nitrogens with zero attached hydrogens (tertiary/aromatic N) is 1. The van der Waals surface area contributed by atoms with E-state index in [9.17, 15) is 15.0 Å². The molecule has 5 aliphatic carbocycles. The summed E-state index contributed by atoms with van der Waals surface area (Å²) >= 11 is 0. The van der Waals surface area contributed by atoms with Crippen molar-refractivity contribution in [3.8, 4) is 11.5 Å². The van der Waals surface area contributed by atoms with Crippen LogP contribution in [0.15, 0.2) is 44.0 Å². The number of hydrogen-bond donors (Lipinski definition) is 3. The van der Waals surface area contributed by atoms with Crippen LogP contribution in [0.3, 0.4) is 0 Å². The molecule has 6 rings (SSSR count). The van der Waals surface area contributed by atoms with E-state index in [1.54, 1.807) is 18.2 Å². The topological polar surface area (TPSA) is 86.8 Å². The Balaban J connectivity index is 0.000000798. The Labute approximate surface area is 262 Å². The van der Waals surface area contributed by atoms with E-state index >= 15 is 0 Å². The molecule has 1 aromatic rings. The molecule has 10 atom stereocenters. The summed E-state index contributed by atoms with van der Waals surface area (Å²) in [5.41, 5.74) is 1.70. The first-order valence-electron chi connectivity index (χ1n) is 17.0. The number of hydrogen-bond acceptors (Lipinski definition) is 5. The van der Waals surface area contributed by atoms with Crippen LogP contribution >= 0.6 is 0 Å². The SMILES string of the molecule is C=C.C=CC.CC(=O)C12CCCC1C1CCC3C4(C)CCC(N(N)Cc5ccc(O)c(O)c5)C(C)C4CCC3(C)C1CC2. The van der Waals surface area contributed by atoms with Crippen molar-refractivity contribution in [1.29, 1.82) is 0 Å². The van der Waals surface area contributed by atoms with Gasteiger partial charge < -0.3 is 10.2 Å². The number of benzene rings is 1. The Morgan fingerprint density at radius 1 is 0.953 bits per heavy atom. The molecule has 0 aliphatic heterocycles. The molecule has 0 amide bonds. The monoisotopic (exact) mass is 592 g/mol. The summed E-state index contributed by atoms with van der Waals surface area (Å²) in [6.45, 7) is 21.5. The van der Waals surface area contributed by atoms with Crippen LogP contribution in [0.25, 0.3) is 0 Å². The number of aromatic hydroxyl groups is 2. The molecule has 0 heterocycles. The van der Waals surface area contributed by atoms with E-state index in [0.29, 0.717) is 47.0 Å². The van der Waals surface area contributed by atoms with Crippen LogP contribution in [0.1, 0.15) is 111 Å². The van der Waals surface area contributed by atoms with Crippen LogP contribution in [-0.2, 0) is 11.3 Å². The Kier molecular flexibility index (Phi) is 10.3. The molecule has 5 heteroatoms. The minimum absolute atomic E-state index is 0.0108. The highest BCUT2D eigenvalue weighted by molar-refractivity contribution is 5.83. The number of carbonyl (C=O) groups excluding carboxylic acids is 1. The summed E-state index contributed by atoms with van der Waals surface area (Å²) in [4.78, 5) is 12.9. The van der Waals surface area contributed by atoms with Crippen LogP contribution in [-0.4, -0.2) is 27.0 Å². The van der Waals surface area contributed by atoms with Gasteiger partial charge in [-0.05, 0) is 142 Å². The molecule has 0 spiro atoms. The zero-order chi connectivity index (χ0) is 31.7. The smallest absolute Gasteiger partial charge is 0.157 e. The fraction of sp³-hybridized carbons (Fsp3) is 0.711. The number of fused-ring (bicyclic) bond motifs is 7. The third-order valence-corrected chi connectivity index (χ3v) is 13.6. The average molecular weight is 593 g/mol. The predicted octanol–water partition coefficient (Wildman–Crippen LogP) is 8.80. The van der Waals surface area contributed by atoms with Crippen molar-refractivity contribution in [2.75, 3.05) is 0 Å². The van der Waals surface area contributed by atoms with Crippen LogP contribution in [0.4, 0.5) is 0 Å². The standard InChI is InChI=1S/C33H50N2O3.C3H6.C2H4/c1-20-24-11-15-32(4)25-12-17-33(21(2)36)14-5-6-26(33)23(25)8-10-30(32)31(24,3)16-13-27(20)35(34)19-22-7-9-28(37)29(38)18-22;1-3-2;1-2/h7,9,18,20,23-27,30,37-38H,5-6,8,10-17,19,34H2,1-4H3;3H,1H2,2H3;1-2H2. The summed E-state index contributed by atoms with van der Waals surface area (Å²) in [6.07, 6.45) is 15.5. The Morgan fingerprint density at radius 2 is 1.58 bits per heavy atom. The Morgan fingerprint density at radius 3 is 2.23 bits per heavy atom. The van der Waals surface area contributed by atoms with E-state index in [-0.39, 0.29) is 16.9 Å². The molecule has 1 aromatic carbocycles. The van der Waals surface area contributed by atoms with E-state index in [0.717, 1.165) is 42.6 Å². The molecule has 10 unspecified atom stereocenters. The maximum absolute atomic E-state index is 12.9. The number of nitrogens with two attached hydrogens (primary N) is 1. The first-order valence-corrected chi connectivity index (χ1v) is 17.0. The van der Waals surface area contributed by atoms with Crippen molar-refractivity contribution in [2.24, 2.45) is 57.6 Å². The first kappa shape index (κ1) is 33.8. The third-order valence-electron chi connectivity index (χ3n) is 13.6. The normalized spacial score (nSPS) is 41.1. The number of phenolic OH excluding ortho intramolecular Hbond substituents is 2. The predicted molar refractivity (Wildman–Crippen MR) is 177 cm³/mol. The minimum atomic E-state index is -0.0861. The van der Waals surface area contributed by atoms with Gasteiger partial charge in [0.25, 0.3) is 0 Å². The summed E-state index contributed by atoms with van der Waals surface area (Å²) in [6, 6.07) is 5.36. The number of allylic oxidation sites excluding steroid dienone is 1. The number of carbonyl (C=O) groups is 1.